The summed E-state index contributed by atoms with van der Waals surface area (Å²) in [4.78, 5) is 2.39. The fraction of sp³-hybridized carbons (Fsp3) is 0.625. The van der Waals surface area contributed by atoms with Crippen LogP contribution in [-0.4, -0.2) is 42.9 Å². The molecule has 1 aromatic carbocycles. The number of aliphatic hydroxyl groups excluding tert-OH is 1. The lowest BCUT2D eigenvalue weighted by atomic mass is 9.99. The third-order valence-corrected chi connectivity index (χ3v) is 3.80. The van der Waals surface area contributed by atoms with E-state index in [2.05, 4.69) is 36.9 Å². The van der Waals surface area contributed by atoms with Gasteiger partial charge in [0.15, 0.2) is 0 Å². The first-order valence-corrected chi connectivity index (χ1v) is 7.09. The second-order valence-electron chi connectivity index (χ2n) is 5.68. The van der Waals surface area contributed by atoms with E-state index < -0.39 is 6.10 Å². The normalized spacial score (nSPS) is 21.8. The number of hydrogen-bond donors (Lipinski definition) is 1. The Morgan fingerprint density at radius 3 is 2.63 bits per heavy atom. The van der Waals surface area contributed by atoms with E-state index in [1.807, 2.05) is 0 Å². The Labute approximate surface area is 116 Å². The van der Waals surface area contributed by atoms with Crippen molar-refractivity contribution in [2.24, 2.45) is 0 Å². The molecule has 2 atom stereocenters. The molecular weight excluding hydrogens is 238 g/mol. The molecule has 1 fully saturated rings. The molecule has 3 heteroatoms. The van der Waals surface area contributed by atoms with E-state index in [0.717, 1.165) is 6.54 Å². The first kappa shape index (κ1) is 14.5. The van der Waals surface area contributed by atoms with Crippen LogP contribution in [0.3, 0.4) is 0 Å². The van der Waals surface area contributed by atoms with Crippen molar-refractivity contribution in [3.05, 3.63) is 34.9 Å². The molecule has 0 amide bonds. The third kappa shape index (κ3) is 3.78. The fourth-order valence-corrected chi connectivity index (χ4v) is 3.14. The van der Waals surface area contributed by atoms with Crippen molar-refractivity contribution in [2.75, 3.05) is 26.8 Å². The van der Waals surface area contributed by atoms with E-state index in [4.69, 9.17) is 4.74 Å². The van der Waals surface area contributed by atoms with Crippen LogP contribution in [0.4, 0.5) is 0 Å². The minimum atomic E-state index is -0.392. The van der Waals surface area contributed by atoms with Gasteiger partial charge in [0.2, 0.25) is 0 Å². The van der Waals surface area contributed by atoms with Gasteiger partial charge in [-0.1, -0.05) is 29.3 Å². The molecule has 1 aromatic rings. The zero-order chi connectivity index (χ0) is 13.8. The van der Waals surface area contributed by atoms with Crippen LogP contribution >= 0.6 is 0 Å². The lowest BCUT2D eigenvalue weighted by Gasteiger charge is -2.27. The first-order chi connectivity index (χ1) is 9.10. The zero-order valence-corrected chi connectivity index (χ0v) is 12.2. The molecule has 1 aliphatic heterocycles. The van der Waals surface area contributed by atoms with Gasteiger partial charge in [0, 0.05) is 19.7 Å². The number of methoxy groups -OCH3 is 1. The summed E-state index contributed by atoms with van der Waals surface area (Å²) in [7, 11) is 1.63. The van der Waals surface area contributed by atoms with Crippen LogP contribution in [0.5, 0.6) is 0 Å². The van der Waals surface area contributed by atoms with E-state index in [1.54, 1.807) is 7.11 Å². The lowest BCUT2D eigenvalue weighted by Crippen LogP contribution is -2.34. The Morgan fingerprint density at radius 2 is 2.00 bits per heavy atom. The van der Waals surface area contributed by atoms with Crippen molar-refractivity contribution in [1.82, 2.24) is 4.90 Å². The van der Waals surface area contributed by atoms with Gasteiger partial charge in [0.1, 0.15) is 0 Å². The Morgan fingerprint density at radius 1 is 1.32 bits per heavy atom. The number of aliphatic hydroxyl groups is 1. The third-order valence-electron chi connectivity index (χ3n) is 3.80. The van der Waals surface area contributed by atoms with Gasteiger partial charge in [-0.3, -0.25) is 4.90 Å². The molecule has 0 spiro atoms. The highest BCUT2D eigenvalue weighted by molar-refractivity contribution is 5.31. The predicted molar refractivity (Wildman–Crippen MR) is 77.3 cm³/mol. The van der Waals surface area contributed by atoms with Gasteiger partial charge in [-0.15, -0.1) is 0 Å². The summed E-state index contributed by atoms with van der Waals surface area (Å²) in [6.07, 6.45) is 2.00. The van der Waals surface area contributed by atoms with Crippen molar-refractivity contribution in [1.29, 1.82) is 0 Å². The minimum Gasteiger partial charge on any atom is -0.389 e. The Bertz CT molecular complexity index is 399. The van der Waals surface area contributed by atoms with Crippen molar-refractivity contribution < 1.29 is 9.84 Å². The molecule has 0 aliphatic carbocycles. The van der Waals surface area contributed by atoms with Crippen LogP contribution in [-0.2, 0) is 4.74 Å². The van der Waals surface area contributed by atoms with Crippen LogP contribution in [0.1, 0.15) is 35.6 Å². The molecule has 19 heavy (non-hydrogen) atoms. The SMILES string of the molecule is COCC(O)CN1CCCC1c1cc(C)cc(C)c1. The van der Waals surface area contributed by atoms with Crippen molar-refractivity contribution in [2.45, 2.75) is 38.8 Å². The van der Waals surface area contributed by atoms with Gasteiger partial charge < -0.3 is 9.84 Å². The van der Waals surface area contributed by atoms with Crippen LogP contribution in [0.15, 0.2) is 18.2 Å². The molecular formula is C16H25NO2. The molecule has 3 nitrogen and oxygen atoms in total. The summed E-state index contributed by atoms with van der Waals surface area (Å²) in [5.74, 6) is 0. The maximum atomic E-state index is 9.92. The predicted octanol–water partition coefficient (Wildman–Crippen LogP) is 2.45. The Kier molecular flexibility index (Phi) is 4.97. The maximum absolute atomic E-state index is 9.92. The summed E-state index contributed by atoms with van der Waals surface area (Å²) in [6.45, 7) is 6.48. The summed E-state index contributed by atoms with van der Waals surface area (Å²) in [5, 5.41) is 9.92. The Balaban J connectivity index is 2.09. The molecule has 1 aliphatic rings. The molecule has 2 rings (SSSR count). The number of likely N-dealkylation sites (tertiary alicyclic amines) is 1. The zero-order valence-electron chi connectivity index (χ0n) is 12.2. The average molecular weight is 263 g/mol. The molecule has 106 valence electrons. The van der Waals surface area contributed by atoms with Gasteiger partial charge in [-0.25, -0.2) is 0 Å². The van der Waals surface area contributed by atoms with Crippen molar-refractivity contribution in [3.8, 4) is 0 Å². The van der Waals surface area contributed by atoms with Gasteiger partial charge in [0.25, 0.3) is 0 Å². The average Bonchev–Trinajstić information content (AvgIpc) is 2.76. The molecule has 0 bridgehead atoms. The highest BCUT2D eigenvalue weighted by Gasteiger charge is 2.27. The molecule has 0 saturated carbocycles. The Hall–Kier alpha value is -0.900. The number of benzene rings is 1. The second kappa shape index (κ2) is 6.51. The van der Waals surface area contributed by atoms with E-state index in [-0.39, 0.29) is 0 Å². The number of aryl methyl sites for hydroxylation is 2. The smallest absolute Gasteiger partial charge is 0.0900 e. The number of β-amino-alcohol motifs (C(OH)–C–C–N with tert-alkyl or cyclic N) is 1. The molecule has 0 aromatic heterocycles. The van der Waals surface area contributed by atoms with Gasteiger partial charge in [-0.2, -0.15) is 0 Å². The van der Waals surface area contributed by atoms with Crippen LogP contribution < -0.4 is 0 Å². The monoisotopic (exact) mass is 263 g/mol. The topological polar surface area (TPSA) is 32.7 Å². The highest BCUT2D eigenvalue weighted by atomic mass is 16.5. The molecule has 0 radical (unpaired) electrons. The highest BCUT2D eigenvalue weighted by Crippen LogP contribution is 2.32. The summed E-state index contributed by atoms with van der Waals surface area (Å²) < 4.78 is 5.02. The fourth-order valence-electron chi connectivity index (χ4n) is 3.14. The number of rotatable bonds is 5. The van der Waals surface area contributed by atoms with Crippen molar-refractivity contribution >= 4 is 0 Å². The van der Waals surface area contributed by atoms with Crippen LogP contribution in [0.2, 0.25) is 0 Å². The van der Waals surface area contributed by atoms with E-state index in [0.29, 0.717) is 19.2 Å². The summed E-state index contributed by atoms with van der Waals surface area (Å²) in [5.41, 5.74) is 4.03. The molecule has 2 unspecified atom stereocenters. The van der Waals surface area contributed by atoms with E-state index >= 15 is 0 Å². The van der Waals surface area contributed by atoms with Gasteiger partial charge >= 0.3 is 0 Å². The first-order valence-electron chi connectivity index (χ1n) is 7.09. The molecule has 1 heterocycles. The van der Waals surface area contributed by atoms with Crippen molar-refractivity contribution in [3.63, 3.8) is 0 Å². The van der Waals surface area contributed by atoms with E-state index in [1.165, 1.54) is 29.5 Å². The number of ether oxygens (including phenoxy) is 1. The van der Waals surface area contributed by atoms with Gasteiger partial charge in [0.05, 0.1) is 12.7 Å². The largest absolute Gasteiger partial charge is 0.389 e. The number of nitrogens with zero attached hydrogens (tertiary/aromatic N) is 1. The molecule has 1 saturated heterocycles. The van der Waals surface area contributed by atoms with E-state index in [9.17, 15) is 5.11 Å². The summed E-state index contributed by atoms with van der Waals surface area (Å²) in [6, 6.07) is 7.21. The van der Waals surface area contributed by atoms with Crippen LogP contribution in [0.25, 0.3) is 0 Å². The quantitative estimate of drug-likeness (QED) is 0.885. The standard InChI is InChI=1S/C16H25NO2/c1-12-7-13(2)9-14(8-12)16-5-4-6-17(16)10-15(18)11-19-3/h7-9,15-16,18H,4-6,10-11H2,1-3H3. The summed E-state index contributed by atoms with van der Waals surface area (Å²) >= 11 is 0. The minimum absolute atomic E-state index is 0.392. The molecule has 1 N–H and O–H groups in total. The van der Waals surface area contributed by atoms with Crippen LogP contribution in [0, 0.1) is 13.8 Å². The maximum Gasteiger partial charge on any atom is 0.0900 e. The van der Waals surface area contributed by atoms with Gasteiger partial charge in [-0.05, 0) is 38.8 Å². The second-order valence-corrected chi connectivity index (χ2v) is 5.68. The lowest BCUT2D eigenvalue weighted by molar-refractivity contribution is 0.0346. The number of hydrogen-bond acceptors (Lipinski definition) is 3.